The Bertz CT molecular complexity index is 837. The Labute approximate surface area is 135 Å². The number of benzene rings is 1. The lowest BCUT2D eigenvalue weighted by molar-refractivity contribution is 0.275. The van der Waals surface area contributed by atoms with E-state index >= 15 is 0 Å². The Morgan fingerprint density at radius 2 is 2.09 bits per heavy atom. The molecule has 6 nitrogen and oxygen atoms in total. The van der Waals surface area contributed by atoms with E-state index in [4.69, 9.17) is 4.42 Å². The average Bonchev–Trinajstić information content (AvgIpc) is 3.01. The van der Waals surface area contributed by atoms with Crippen LogP contribution < -0.4 is 0 Å². The van der Waals surface area contributed by atoms with Crippen LogP contribution in [0.25, 0.3) is 11.5 Å². The number of sulfonamides is 1. The molecule has 1 aliphatic rings. The third-order valence-electron chi connectivity index (χ3n) is 3.92. The molecule has 1 saturated heterocycles. The highest BCUT2D eigenvalue weighted by Gasteiger charge is 2.35. The summed E-state index contributed by atoms with van der Waals surface area (Å²) in [6.45, 7) is 2.90. The van der Waals surface area contributed by atoms with Gasteiger partial charge >= 0.3 is 0 Å². The molecule has 0 amide bonds. The van der Waals surface area contributed by atoms with Crippen LogP contribution in [0.3, 0.4) is 0 Å². The summed E-state index contributed by atoms with van der Waals surface area (Å²) >= 11 is 0. The van der Waals surface area contributed by atoms with Gasteiger partial charge in [-0.3, -0.25) is 0 Å². The van der Waals surface area contributed by atoms with E-state index in [2.05, 4.69) is 4.98 Å². The van der Waals surface area contributed by atoms with Crippen molar-refractivity contribution in [3.8, 4) is 17.5 Å². The molecule has 0 aliphatic carbocycles. The minimum atomic E-state index is -3.84. The smallest absolute Gasteiger partial charge is 0.279 e. The van der Waals surface area contributed by atoms with Crippen LogP contribution in [0.15, 0.2) is 39.8 Å². The summed E-state index contributed by atoms with van der Waals surface area (Å²) in [4.78, 5) is 4.05. The molecule has 1 aliphatic heterocycles. The van der Waals surface area contributed by atoms with Crippen LogP contribution in [0.1, 0.15) is 25.5 Å². The fourth-order valence-corrected chi connectivity index (χ4v) is 4.31. The van der Waals surface area contributed by atoms with Crippen molar-refractivity contribution in [1.29, 1.82) is 5.26 Å². The van der Waals surface area contributed by atoms with Gasteiger partial charge < -0.3 is 4.42 Å². The van der Waals surface area contributed by atoms with Crippen molar-refractivity contribution in [3.63, 3.8) is 0 Å². The molecule has 0 N–H and O–H groups in total. The molecule has 0 radical (unpaired) electrons. The minimum absolute atomic E-state index is 0.144. The zero-order valence-electron chi connectivity index (χ0n) is 12.8. The summed E-state index contributed by atoms with van der Waals surface area (Å²) in [7, 11) is -3.84. The summed E-state index contributed by atoms with van der Waals surface area (Å²) in [5, 5.41) is 8.88. The molecule has 3 rings (SSSR count). The number of rotatable bonds is 3. The van der Waals surface area contributed by atoms with E-state index in [1.165, 1.54) is 4.31 Å². The number of hydrogen-bond acceptors (Lipinski definition) is 5. The third-order valence-corrected chi connectivity index (χ3v) is 5.67. The molecular weight excluding hydrogens is 314 g/mol. The highest BCUT2D eigenvalue weighted by molar-refractivity contribution is 7.89. The maximum atomic E-state index is 12.8. The third kappa shape index (κ3) is 3.00. The number of nitriles is 1. The first-order chi connectivity index (χ1) is 11.0. The summed E-state index contributed by atoms with van der Waals surface area (Å²) in [5.74, 6) is 0.436. The van der Waals surface area contributed by atoms with Crippen molar-refractivity contribution in [2.24, 2.45) is 5.92 Å². The van der Waals surface area contributed by atoms with Gasteiger partial charge in [0.2, 0.25) is 5.89 Å². The van der Waals surface area contributed by atoms with E-state index in [-0.39, 0.29) is 16.7 Å². The van der Waals surface area contributed by atoms with E-state index in [1.54, 1.807) is 24.3 Å². The van der Waals surface area contributed by atoms with Gasteiger partial charge in [-0.25, -0.2) is 8.42 Å². The van der Waals surface area contributed by atoms with Crippen LogP contribution >= 0.6 is 0 Å². The first-order valence-corrected chi connectivity index (χ1v) is 8.93. The molecule has 1 fully saturated rings. The van der Waals surface area contributed by atoms with Crippen LogP contribution in [0.4, 0.5) is 0 Å². The van der Waals surface area contributed by atoms with E-state index < -0.39 is 10.0 Å². The summed E-state index contributed by atoms with van der Waals surface area (Å²) in [5.41, 5.74) is 0.444. The second kappa shape index (κ2) is 6.14. The average molecular weight is 331 g/mol. The van der Waals surface area contributed by atoms with Gasteiger partial charge in [0, 0.05) is 18.7 Å². The molecular formula is C16H17N3O3S. The summed E-state index contributed by atoms with van der Waals surface area (Å²) in [6.07, 6.45) is 1.81. The monoisotopic (exact) mass is 331 g/mol. The molecule has 1 aromatic carbocycles. The predicted molar refractivity (Wildman–Crippen MR) is 83.8 cm³/mol. The van der Waals surface area contributed by atoms with Gasteiger partial charge in [0.25, 0.3) is 15.1 Å². The molecule has 2 aromatic rings. The Morgan fingerprint density at radius 1 is 1.35 bits per heavy atom. The molecule has 1 atom stereocenters. The number of aromatic nitrogens is 1. The molecule has 120 valence electrons. The Morgan fingerprint density at radius 3 is 2.74 bits per heavy atom. The Hall–Kier alpha value is -2.17. The van der Waals surface area contributed by atoms with Gasteiger partial charge in [-0.15, -0.1) is 0 Å². The lowest BCUT2D eigenvalue weighted by Crippen LogP contribution is -2.39. The normalized spacial score (nSPS) is 19.4. The van der Waals surface area contributed by atoms with E-state index in [9.17, 15) is 13.7 Å². The van der Waals surface area contributed by atoms with Crippen molar-refractivity contribution in [2.45, 2.75) is 24.9 Å². The second-order valence-electron chi connectivity index (χ2n) is 5.74. The lowest BCUT2D eigenvalue weighted by atomic mass is 10.0. The van der Waals surface area contributed by atoms with Crippen molar-refractivity contribution >= 4 is 10.0 Å². The number of nitrogens with zero attached hydrogens (tertiary/aromatic N) is 3. The molecule has 23 heavy (non-hydrogen) atoms. The minimum Gasteiger partial charge on any atom is -0.422 e. The molecule has 1 unspecified atom stereocenters. The topological polar surface area (TPSA) is 87.2 Å². The van der Waals surface area contributed by atoms with Gasteiger partial charge in [0.1, 0.15) is 6.07 Å². The number of hydrogen-bond donors (Lipinski definition) is 0. The van der Waals surface area contributed by atoms with Gasteiger partial charge in [-0.2, -0.15) is 14.6 Å². The maximum Gasteiger partial charge on any atom is 0.279 e. The van der Waals surface area contributed by atoms with Crippen LogP contribution in [0.2, 0.25) is 0 Å². The summed E-state index contributed by atoms with van der Waals surface area (Å²) in [6, 6.07) is 10.8. The van der Waals surface area contributed by atoms with Gasteiger partial charge in [0.15, 0.2) is 5.69 Å². The molecule has 0 spiro atoms. The fourth-order valence-electron chi connectivity index (χ4n) is 2.74. The maximum absolute atomic E-state index is 12.8. The number of oxazole rings is 1. The molecule has 1 aromatic heterocycles. The van der Waals surface area contributed by atoms with E-state index in [1.807, 2.05) is 19.1 Å². The van der Waals surface area contributed by atoms with E-state index in [0.29, 0.717) is 24.6 Å². The molecule has 7 heteroatoms. The standard InChI is InChI=1S/C16H17N3O3S/c1-12-6-5-9-19(11-12)23(20,21)16-14(10-17)18-15(22-16)13-7-3-2-4-8-13/h2-4,7-8,12H,5-6,9,11H2,1H3. The Kier molecular flexibility index (Phi) is 4.20. The van der Waals surface area contributed by atoms with Crippen molar-refractivity contribution in [2.75, 3.05) is 13.1 Å². The van der Waals surface area contributed by atoms with Crippen LogP contribution in [-0.4, -0.2) is 30.8 Å². The van der Waals surface area contributed by atoms with Crippen molar-refractivity contribution in [1.82, 2.24) is 9.29 Å². The van der Waals surface area contributed by atoms with Crippen molar-refractivity contribution < 1.29 is 12.8 Å². The highest BCUT2D eigenvalue weighted by Crippen LogP contribution is 2.29. The molecule has 0 saturated carbocycles. The van der Waals surface area contributed by atoms with Crippen molar-refractivity contribution in [3.05, 3.63) is 36.0 Å². The van der Waals surface area contributed by atoms with Gasteiger partial charge in [-0.05, 0) is 30.9 Å². The number of piperidine rings is 1. The first-order valence-electron chi connectivity index (χ1n) is 7.49. The van der Waals surface area contributed by atoms with Crippen LogP contribution in [0, 0.1) is 17.2 Å². The fraction of sp³-hybridized carbons (Fsp3) is 0.375. The molecule has 0 bridgehead atoms. The zero-order valence-corrected chi connectivity index (χ0v) is 13.6. The second-order valence-corrected chi connectivity index (χ2v) is 7.58. The zero-order chi connectivity index (χ0) is 16.4. The van der Waals surface area contributed by atoms with Crippen LogP contribution in [-0.2, 0) is 10.0 Å². The SMILES string of the molecule is CC1CCCN(S(=O)(=O)c2oc(-c3ccccc3)nc2C#N)C1. The van der Waals surface area contributed by atoms with Crippen LogP contribution in [0.5, 0.6) is 0 Å². The summed E-state index contributed by atoms with van der Waals surface area (Å²) < 4.78 is 32.5. The quantitative estimate of drug-likeness (QED) is 0.863. The lowest BCUT2D eigenvalue weighted by Gasteiger charge is -2.28. The van der Waals surface area contributed by atoms with E-state index in [0.717, 1.165) is 12.8 Å². The van der Waals surface area contributed by atoms with Gasteiger partial charge in [0.05, 0.1) is 0 Å². The predicted octanol–water partition coefficient (Wildman–Crippen LogP) is 2.63. The molecule has 2 heterocycles. The Balaban J connectivity index is 2.02. The first kappa shape index (κ1) is 15.7. The van der Waals surface area contributed by atoms with Gasteiger partial charge in [-0.1, -0.05) is 25.1 Å². The largest absolute Gasteiger partial charge is 0.422 e. The highest BCUT2D eigenvalue weighted by atomic mass is 32.2.